The molecule has 0 aliphatic carbocycles. The molecule has 0 bridgehead atoms. The number of benzene rings is 1. The summed E-state index contributed by atoms with van der Waals surface area (Å²) in [6.07, 6.45) is 0. The summed E-state index contributed by atoms with van der Waals surface area (Å²) in [4.78, 5) is 11.6. The van der Waals surface area contributed by atoms with Gasteiger partial charge in [-0.25, -0.2) is 0 Å². The highest BCUT2D eigenvalue weighted by molar-refractivity contribution is 5.90. The number of aromatic nitrogens is 2. The first-order chi connectivity index (χ1) is 10.1. The van der Waals surface area contributed by atoms with Gasteiger partial charge in [-0.3, -0.25) is 10.1 Å². The second-order valence-electron chi connectivity index (χ2n) is 4.91. The predicted molar refractivity (Wildman–Crippen MR) is 74.2 cm³/mol. The van der Waals surface area contributed by atoms with E-state index < -0.39 is 0 Å². The maximum absolute atomic E-state index is 11.6. The van der Waals surface area contributed by atoms with Gasteiger partial charge in [-0.05, 0) is 18.2 Å². The second kappa shape index (κ2) is 5.43. The average Bonchev–Trinajstić information content (AvgIpc) is 2.95. The number of amides is 1. The molecule has 3 rings (SSSR count). The average molecular weight is 289 g/mol. The van der Waals surface area contributed by atoms with Crippen LogP contribution in [0.2, 0.25) is 0 Å². The molecule has 1 aliphatic rings. The monoisotopic (exact) mass is 289 g/mol. The molecule has 1 N–H and O–H groups in total. The van der Waals surface area contributed by atoms with Crippen LogP contribution in [0.5, 0.6) is 11.5 Å². The van der Waals surface area contributed by atoms with Gasteiger partial charge in [0.2, 0.25) is 11.8 Å². The Balaban J connectivity index is 1.81. The van der Waals surface area contributed by atoms with Crippen molar-refractivity contribution in [2.45, 2.75) is 13.8 Å². The zero-order valence-corrected chi connectivity index (χ0v) is 11.8. The van der Waals surface area contributed by atoms with Gasteiger partial charge in [-0.2, -0.15) is 0 Å². The molecule has 0 unspecified atom stereocenters. The summed E-state index contributed by atoms with van der Waals surface area (Å²) >= 11 is 0. The molecule has 0 spiro atoms. The van der Waals surface area contributed by atoms with E-state index in [1.54, 1.807) is 32.0 Å². The van der Waals surface area contributed by atoms with Gasteiger partial charge >= 0.3 is 6.01 Å². The zero-order chi connectivity index (χ0) is 14.8. The molecular formula is C14H15N3O4. The van der Waals surface area contributed by atoms with Crippen LogP contribution in [0.15, 0.2) is 22.6 Å². The van der Waals surface area contributed by atoms with Crippen molar-refractivity contribution in [3.05, 3.63) is 18.2 Å². The summed E-state index contributed by atoms with van der Waals surface area (Å²) in [5.41, 5.74) is 0.705. The van der Waals surface area contributed by atoms with Crippen LogP contribution in [-0.2, 0) is 4.79 Å². The first-order valence-electron chi connectivity index (χ1n) is 6.68. The van der Waals surface area contributed by atoms with Gasteiger partial charge in [0, 0.05) is 11.5 Å². The molecule has 0 atom stereocenters. The Hall–Kier alpha value is -2.57. The Kier molecular flexibility index (Phi) is 3.47. The van der Waals surface area contributed by atoms with Crippen LogP contribution in [0.1, 0.15) is 13.8 Å². The third-order valence-electron chi connectivity index (χ3n) is 2.97. The maximum Gasteiger partial charge on any atom is 0.322 e. The third-order valence-corrected chi connectivity index (χ3v) is 2.97. The van der Waals surface area contributed by atoms with Crippen molar-refractivity contribution < 1.29 is 18.7 Å². The highest BCUT2D eigenvalue weighted by Gasteiger charge is 2.17. The normalized spacial score (nSPS) is 13.3. The van der Waals surface area contributed by atoms with Crippen molar-refractivity contribution in [2.75, 3.05) is 18.5 Å². The lowest BCUT2D eigenvalue weighted by Crippen LogP contribution is -2.17. The van der Waals surface area contributed by atoms with Crippen molar-refractivity contribution in [2.24, 2.45) is 5.92 Å². The van der Waals surface area contributed by atoms with Gasteiger partial charge in [0.1, 0.15) is 13.2 Å². The van der Waals surface area contributed by atoms with Crippen LogP contribution in [0.3, 0.4) is 0 Å². The maximum atomic E-state index is 11.6. The molecule has 0 fully saturated rings. The Morgan fingerprint density at radius 1 is 1.19 bits per heavy atom. The molecule has 7 nitrogen and oxygen atoms in total. The Morgan fingerprint density at radius 2 is 1.95 bits per heavy atom. The number of fused-ring (bicyclic) bond motifs is 1. The Labute approximate surface area is 121 Å². The number of nitrogens with one attached hydrogen (secondary N) is 1. The molecule has 1 amide bonds. The largest absolute Gasteiger partial charge is 0.486 e. The standard InChI is InChI=1S/C14H15N3O4/c1-8(2)12(18)15-14-17-16-13(21-14)9-3-4-10-11(7-9)20-6-5-19-10/h3-4,7-8H,5-6H2,1-2H3,(H,15,17,18). The van der Waals surface area contributed by atoms with E-state index in [-0.39, 0.29) is 17.8 Å². The summed E-state index contributed by atoms with van der Waals surface area (Å²) in [6, 6.07) is 5.45. The molecule has 21 heavy (non-hydrogen) atoms. The highest BCUT2D eigenvalue weighted by Crippen LogP contribution is 2.34. The van der Waals surface area contributed by atoms with E-state index in [0.29, 0.717) is 36.2 Å². The number of ether oxygens (including phenoxy) is 2. The molecule has 2 aromatic rings. The number of carbonyl (C=O) groups excluding carboxylic acids is 1. The van der Waals surface area contributed by atoms with Crippen molar-refractivity contribution >= 4 is 11.9 Å². The summed E-state index contributed by atoms with van der Waals surface area (Å²) in [5, 5.41) is 10.3. The van der Waals surface area contributed by atoms with Gasteiger partial charge in [0.25, 0.3) is 0 Å². The van der Waals surface area contributed by atoms with Crippen molar-refractivity contribution in [1.82, 2.24) is 10.2 Å². The van der Waals surface area contributed by atoms with E-state index in [2.05, 4.69) is 15.5 Å². The Bertz CT molecular complexity index is 666. The summed E-state index contributed by atoms with van der Waals surface area (Å²) in [6.45, 7) is 4.62. The quantitative estimate of drug-likeness (QED) is 0.931. The van der Waals surface area contributed by atoms with Gasteiger partial charge in [0.05, 0.1) is 0 Å². The lowest BCUT2D eigenvalue weighted by atomic mass is 10.2. The number of hydrogen-bond acceptors (Lipinski definition) is 6. The minimum atomic E-state index is -0.174. The Morgan fingerprint density at radius 3 is 2.71 bits per heavy atom. The molecule has 0 saturated carbocycles. The van der Waals surface area contributed by atoms with Crippen molar-refractivity contribution in [3.63, 3.8) is 0 Å². The van der Waals surface area contributed by atoms with E-state index in [4.69, 9.17) is 13.9 Å². The first kappa shape index (κ1) is 13.4. The fraction of sp³-hybridized carbons (Fsp3) is 0.357. The molecule has 2 heterocycles. The predicted octanol–water partition coefficient (Wildman–Crippen LogP) is 2.10. The van der Waals surface area contributed by atoms with E-state index in [1.807, 2.05) is 0 Å². The molecule has 1 aromatic carbocycles. The highest BCUT2D eigenvalue weighted by atomic mass is 16.6. The van der Waals surface area contributed by atoms with Crippen LogP contribution in [-0.4, -0.2) is 29.3 Å². The SMILES string of the molecule is CC(C)C(=O)Nc1nnc(-c2ccc3c(c2)OCCO3)o1. The second-order valence-corrected chi connectivity index (χ2v) is 4.91. The number of rotatable bonds is 3. The fourth-order valence-electron chi connectivity index (χ4n) is 1.82. The molecule has 1 aromatic heterocycles. The van der Waals surface area contributed by atoms with E-state index >= 15 is 0 Å². The van der Waals surface area contributed by atoms with Crippen LogP contribution < -0.4 is 14.8 Å². The van der Waals surface area contributed by atoms with Crippen LogP contribution in [0, 0.1) is 5.92 Å². The molecular weight excluding hydrogens is 274 g/mol. The van der Waals surface area contributed by atoms with Crippen molar-refractivity contribution in [1.29, 1.82) is 0 Å². The number of carbonyl (C=O) groups is 1. The molecule has 0 radical (unpaired) electrons. The number of nitrogens with zero attached hydrogens (tertiary/aromatic N) is 2. The zero-order valence-electron chi connectivity index (χ0n) is 11.8. The summed E-state index contributed by atoms with van der Waals surface area (Å²) < 4.78 is 16.4. The smallest absolute Gasteiger partial charge is 0.322 e. The lowest BCUT2D eigenvalue weighted by Gasteiger charge is -2.18. The first-order valence-corrected chi connectivity index (χ1v) is 6.68. The molecule has 0 saturated heterocycles. The minimum Gasteiger partial charge on any atom is -0.486 e. The summed E-state index contributed by atoms with van der Waals surface area (Å²) in [5.74, 6) is 1.32. The topological polar surface area (TPSA) is 86.5 Å². The minimum absolute atomic E-state index is 0.0820. The lowest BCUT2D eigenvalue weighted by molar-refractivity contribution is -0.119. The molecule has 110 valence electrons. The van der Waals surface area contributed by atoms with Gasteiger partial charge in [-0.15, -0.1) is 5.10 Å². The van der Waals surface area contributed by atoms with Crippen molar-refractivity contribution in [3.8, 4) is 23.0 Å². The number of anilines is 1. The summed E-state index contributed by atoms with van der Waals surface area (Å²) in [7, 11) is 0. The van der Waals surface area contributed by atoms with Crippen LogP contribution in [0.4, 0.5) is 6.01 Å². The van der Waals surface area contributed by atoms with Crippen LogP contribution >= 0.6 is 0 Å². The van der Waals surface area contributed by atoms with E-state index in [1.165, 1.54) is 0 Å². The number of hydrogen-bond donors (Lipinski definition) is 1. The third kappa shape index (κ3) is 2.81. The van der Waals surface area contributed by atoms with Gasteiger partial charge in [0.15, 0.2) is 11.5 Å². The van der Waals surface area contributed by atoms with Crippen LogP contribution in [0.25, 0.3) is 11.5 Å². The fourth-order valence-corrected chi connectivity index (χ4v) is 1.82. The van der Waals surface area contributed by atoms with Gasteiger partial charge < -0.3 is 13.9 Å². The molecule has 1 aliphatic heterocycles. The molecule has 7 heteroatoms. The van der Waals surface area contributed by atoms with E-state index in [0.717, 1.165) is 0 Å². The van der Waals surface area contributed by atoms with E-state index in [9.17, 15) is 4.79 Å². The van der Waals surface area contributed by atoms with Gasteiger partial charge in [-0.1, -0.05) is 18.9 Å².